The van der Waals surface area contributed by atoms with E-state index in [0.717, 1.165) is 8.87 Å². The minimum atomic E-state index is -2.16. The van der Waals surface area contributed by atoms with E-state index < -0.39 is 18.6 Å². The molecule has 6 heteroatoms. The molecule has 0 N–H and O–H groups in total. The van der Waals surface area contributed by atoms with Gasteiger partial charge in [0.05, 0.1) is 0 Å². The van der Waals surface area contributed by atoms with Crippen LogP contribution in [0.5, 0.6) is 0 Å². The number of hydrogen-bond acceptors (Lipinski definition) is 4. The molecule has 0 rings (SSSR count). The zero-order valence-corrected chi connectivity index (χ0v) is 13.9. The van der Waals surface area contributed by atoms with Gasteiger partial charge in [0, 0.05) is 0 Å². The van der Waals surface area contributed by atoms with E-state index in [1.807, 2.05) is 0 Å². The monoisotopic (exact) mass is 358 g/mol. The second kappa shape index (κ2) is 10.2. The molecule has 0 aliphatic heterocycles. The summed E-state index contributed by atoms with van der Waals surface area (Å²) >= 11 is -2.16. The van der Waals surface area contributed by atoms with Crippen LogP contribution >= 0.6 is 8.92 Å². The molecule has 0 aliphatic carbocycles. The first-order valence-corrected chi connectivity index (χ1v) is 14.4. The Morgan fingerprint density at radius 3 is 1.69 bits per heavy atom. The van der Waals surface area contributed by atoms with Crippen LogP contribution in [0.4, 0.5) is 0 Å². The molecule has 0 amide bonds. The summed E-state index contributed by atoms with van der Waals surface area (Å²) in [5, 5.41) is 0. The van der Waals surface area contributed by atoms with Crippen LogP contribution in [-0.4, -0.2) is 43.8 Å². The Morgan fingerprint density at radius 1 is 1.00 bits per heavy atom. The maximum absolute atomic E-state index is 11.0. The quantitative estimate of drug-likeness (QED) is 0.491. The second-order valence-corrected chi connectivity index (χ2v) is 14.1. The first kappa shape index (κ1) is 16.0. The molecular formula is C10H19ClO4Sn. The van der Waals surface area contributed by atoms with Crippen molar-refractivity contribution in [1.29, 1.82) is 0 Å². The van der Waals surface area contributed by atoms with E-state index >= 15 is 0 Å². The van der Waals surface area contributed by atoms with Gasteiger partial charge in [-0.15, -0.1) is 0 Å². The number of rotatable bonds is 8. The molecule has 0 aliphatic rings. The SMILES string of the molecule is CCOC(=O)C[CH2][SnH]([Cl])[CH2]CC(=O)OCC. The van der Waals surface area contributed by atoms with Crippen molar-refractivity contribution in [2.45, 2.75) is 35.6 Å². The van der Waals surface area contributed by atoms with E-state index in [1.165, 1.54) is 0 Å². The molecular weight excluding hydrogens is 338 g/mol. The minimum absolute atomic E-state index is 0.194. The van der Waals surface area contributed by atoms with Gasteiger partial charge in [-0.1, -0.05) is 0 Å². The Morgan fingerprint density at radius 2 is 1.38 bits per heavy atom. The van der Waals surface area contributed by atoms with Crippen molar-refractivity contribution in [3.05, 3.63) is 0 Å². The van der Waals surface area contributed by atoms with E-state index in [1.54, 1.807) is 13.8 Å². The van der Waals surface area contributed by atoms with Crippen LogP contribution < -0.4 is 0 Å². The molecule has 0 saturated carbocycles. The molecule has 0 aromatic rings. The topological polar surface area (TPSA) is 52.6 Å². The standard InChI is InChI=1S/2C5H9O2.ClH.Sn.H/c2*1-3-5(6)7-4-2;;;/h2*1,3-4H2,2H3;1H;;/q;;;+1;/p-1. The number of carbonyl (C=O) groups is 2. The molecule has 0 fully saturated rings. The summed E-state index contributed by atoms with van der Waals surface area (Å²) in [6.45, 7) is 4.37. The van der Waals surface area contributed by atoms with Gasteiger partial charge < -0.3 is 0 Å². The molecule has 94 valence electrons. The number of carbonyl (C=O) groups excluding carboxylic acids is 2. The fourth-order valence-electron chi connectivity index (χ4n) is 1.16. The fraction of sp³-hybridized carbons (Fsp3) is 0.800. The third-order valence-corrected chi connectivity index (χ3v) is 10.1. The summed E-state index contributed by atoms with van der Waals surface area (Å²) in [7, 11) is 6.16. The number of halogens is 1. The van der Waals surface area contributed by atoms with Gasteiger partial charge in [0.2, 0.25) is 0 Å². The Kier molecular flexibility index (Phi) is 10.2. The Labute approximate surface area is 107 Å². The van der Waals surface area contributed by atoms with Crippen LogP contribution in [0.3, 0.4) is 0 Å². The maximum atomic E-state index is 11.0. The van der Waals surface area contributed by atoms with Gasteiger partial charge in [-0.2, -0.15) is 0 Å². The van der Waals surface area contributed by atoms with Gasteiger partial charge >= 0.3 is 107 Å². The second-order valence-electron chi connectivity index (χ2n) is 3.28. The van der Waals surface area contributed by atoms with E-state index in [2.05, 4.69) is 0 Å². The van der Waals surface area contributed by atoms with Crippen molar-refractivity contribution in [3.8, 4) is 0 Å². The van der Waals surface area contributed by atoms with Crippen molar-refractivity contribution in [1.82, 2.24) is 0 Å². The van der Waals surface area contributed by atoms with Crippen molar-refractivity contribution >= 4 is 39.5 Å². The van der Waals surface area contributed by atoms with E-state index in [9.17, 15) is 9.59 Å². The van der Waals surface area contributed by atoms with Crippen molar-refractivity contribution in [2.24, 2.45) is 0 Å². The summed E-state index contributed by atoms with van der Waals surface area (Å²) in [5.74, 6) is -0.387. The molecule has 4 nitrogen and oxygen atoms in total. The Hall–Kier alpha value is 0.0287. The molecule has 0 unspecified atom stereocenters. The first-order chi connectivity index (χ1) is 7.60. The number of esters is 2. The van der Waals surface area contributed by atoms with Crippen LogP contribution in [0.25, 0.3) is 0 Å². The van der Waals surface area contributed by atoms with Gasteiger partial charge in [0.25, 0.3) is 0 Å². The average molecular weight is 357 g/mol. The molecule has 0 atom stereocenters. The van der Waals surface area contributed by atoms with Gasteiger partial charge in [0.1, 0.15) is 0 Å². The van der Waals surface area contributed by atoms with Crippen LogP contribution in [0, 0.1) is 0 Å². The zero-order valence-electron chi connectivity index (χ0n) is 9.83. The summed E-state index contributed by atoms with van der Waals surface area (Å²) in [6.07, 6.45) is 0.780. The summed E-state index contributed by atoms with van der Waals surface area (Å²) < 4.78 is 11.1. The van der Waals surface area contributed by atoms with E-state index in [-0.39, 0.29) is 11.9 Å². The van der Waals surface area contributed by atoms with Crippen LogP contribution in [0.15, 0.2) is 0 Å². The summed E-state index contributed by atoms with van der Waals surface area (Å²) in [4.78, 5) is 22.1. The number of ether oxygens (including phenoxy) is 2. The third-order valence-electron chi connectivity index (χ3n) is 1.93. The van der Waals surface area contributed by atoms with Gasteiger partial charge in [-0.3, -0.25) is 0 Å². The normalized spacial score (nSPS) is 10.2. The van der Waals surface area contributed by atoms with Crippen molar-refractivity contribution < 1.29 is 19.1 Å². The fourth-order valence-corrected chi connectivity index (χ4v) is 6.58. The molecule has 0 aromatic carbocycles. The van der Waals surface area contributed by atoms with E-state index in [4.69, 9.17) is 18.4 Å². The van der Waals surface area contributed by atoms with Gasteiger partial charge in [0.15, 0.2) is 0 Å². The predicted octanol–water partition coefficient (Wildman–Crippen LogP) is 1.86. The molecule has 0 heterocycles. The summed E-state index contributed by atoms with van der Waals surface area (Å²) in [6, 6.07) is 0. The van der Waals surface area contributed by atoms with E-state index in [0.29, 0.717) is 26.1 Å². The Balaban J connectivity index is 3.54. The Bertz CT molecular complexity index is 201. The molecule has 0 aromatic heterocycles. The van der Waals surface area contributed by atoms with Crippen molar-refractivity contribution in [3.63, 3.8) is 0 Å². The van der Waals surface area contributed by atoms with Crippen LogP contribution in [0.2, 0.25) is 8.87 Å². The van der Waals surface area contributed by atoms with Crippen LogP contribution in [-0.2, 0) is 19.1 Å². The zero-order chi connectivity index (χ0) is 12.4. The average Bonchev–Trinajstić information content (AvgIpc) is 2.24. The molecule has 16 heavy (non-hydrogen) atoms. The summed E-state index contributed by atoms with van der Waals surface area (Å²) in [5.41, 5.74) is 0. The third kappa shape index (κ3) is 9.27. The van der Waals surface area contributed by atoms with Crippen molar-refractivity contribution in [2.75, 3.05) is 13.2 Å². The van der Waals surface area contributed by atoms with Gasteiger partial charge in [-0.05, 0) is 0 Å². The predicted molar refractivity (Wildman–Crippen MR) is 65.1 cm³/mol. The number of hydrogen-bond donors (Lipinski definition) is 0. The van der Waals surface area contributed by atoms with Gasteiger partial charge in [-0.25, -0.2) is 0 Å². The molecule has 0 saturated heterocycles. The molecule has 0 spiro atoms. The van der Waals surface area contributed by atoms with Crippen LogP contribution in [0.1, 0.15) is 26.7 Å². The first-order valence-electron chi connectivity index (χ1n) is 5.55. The molecule has 0 bridgehead atoms. The molecule has 0 radical (unpaired) electrons.